The second-order valence-electron chi connectivity index (χ2n) is 5.14. The van der Waals surface area contributed by atoms with E-state index in [1.54, 1.807) is 0 Å². The number of hydrogen-bond acceptors (Lipinski definition) is 3. The topological polar surface area (TPSA) is 54.3 Å². The number of amides is 1. The van der Waals surface area contributed by atoms with E-state index in [1.165, 1.54) is 0 Å². The molecule has 0 aromatic carbocycles. The zero-order valence-electron chi connectivity index (χ0n) is 11.4. The van der Waals surface area contributed by atoms with Gasteiger partial charge in [-0.15, -0.1) is 0 Å². The number of rotatable bonds is 3. The molecule has 1 aliphatic rings. The van der Waals surface area contributed by atoms with Crippen molar-refractivity contribution in [3.63, 3.8) is 0 Å². The highest BCUT2D eigenvalue weighted by Gasteiger charge is 2.23. The average Bonchev–Trinajstić information content (AvgIpc) is 2.69. The first-order valence-electron chi connectivity index (χ1n) is 6.66. The number of nitrogens with one attached hydrogen (secondary N) is 2. The second kappa shape index (κ2) is 5.57. The van der Waals surface area contributed by atoms with Crippen molar-refractivity contribution in [2.45, 2.75) is 39.7 Å². The van der Waals surface area contributed by atoms with Crippen LogP contribution in [0.15, 0.2) is 10.5 Å². The lowest BCUT2D eigenvalue weighted by Crippen LogP contribution is -2.41. The minimum atomic E-state index is 0.0110. The Morgan fingerprint density at radius 2 is 2.33 bits per heavy atom. The van der Waals surface area contributed by atoms with Crippen LogP contribution in [0, 0.1) is 19.8 Å². The van der Waals surface area contributed by atoms with E-state index in [0.717, 1.165) is 43.0 Å². The van der Waals surface area contributed by atoms with Gasteiger partial charge in [0.05, 0.1) is 12.0 Å². The summed E-state index contributed by atoms with van der Waals surface area (Å²) in [4.78, 5) is 12.1. The molecule has 1 amide bonds. The van der Waals surface area contributed by atoms with E-state index < -0.39 is 0 Å². The molecule has 2 N–H and O–H groups in total. The Morgan fingerprint density at radius 3 is 2.89 bits per heavy atom. The molecule has 1 aromatic rings. The normalized spacial score (nSPS) is 21.6. The summed E-state index contributed by atoms with van der Waals surface area (Å²) in [5.41, 5.74) is 1.07. The van der Waals surface area contributed by atoms with E-state index in [-0.39, 0.29) is 17.9 Å². The Labute approximate surface area is 108 Å². The van der Waals surface area contributed by atoms with Gasteiger partial charge in [0.2, 0.25) is 5.91 Å². The van der Waals surface area contributed by atoms with E-state index in [2.05, 4.69) is 10.6 Å². The maximum atomic E-state index is 12.1. The molecule has 4 heteroatoms. The van der Waals surface area contributed by atoms with Crippen LogP contribution in [0.5, 0.6) is 0 Å². The summed E-state index contributed by atoms with van der Waals surface area (Å²) in [7, 11) is 0. The van der Waals surface area contributed by atoms with Gasteiger partial charge in [-0.1, -0.05) is 0 Å². The Morgan fingerprint density at radius 1 is 1.56 bits per heavy atom. The lowest BCUT2D eigenvalue weighted by molar-refractivity contribution is -0.126. The highest BCUT2D eigenvalue weighted by Crippen LogP contribution is 2.22. The van der Waals surface area contributed by atoms with Gasteiger partial charge in [-0.2, -0.15) is 0 Å². The van der Waals surface area contributed by atoms with Crippen LogP contribution in [0.4, 0.5) is 0 Å². The van der Waals surface area contributed by atoms with Gasteiger partial charge in [-0.05, 0) is 46.2 Å². The highest BCUT2D eigenvalue weighted by molar-refractivity contribution is 5.79. The van der Waals surface area contributed by atoms with Crippen LogP contribution < -0.4 is 10.6 Å². The van der Waals surface area contributed by atoms with E-state index in [1.807, 2.05) is 26.8 Å². The Kier molecular flexibility index (Phi) is 4.07. The molecule has 1 aromatic heterocycles. The molecule has 1 fully saturated rings. The first kappa shape index (κ1) is 13.1. The Balaban J connectivity index is 1.96. The van der Waals surface area contributed by atoms with E-state index >= 15 is 0 Å². The van der Waals surface area contributed by atoms with Crippen molar-refractivity contribution in [1.29, 1.82) is 0 Å². The predicted molar refractivity (Wildman–Crippen MR) is 70.3 cm³/mol. The summed E-state index contributed by atoms with van der Waals surface area (Å²) >= 11 is 0. The number of hydrogen-bond donors (Lipinski definition) is 2. The molecule has 0 aliphatic carbocycles. The van der Waals surface area contributed by atoms with Crippen molar-refractivity contribution < 1.29 is 9.21 Å². The fraction of sp³-hybridized carbons (Fsp3) is 0.643. The number of carbonyl (C=O) groups excluding carboxylic acids is 1. The van der Waals surface area contributed by atoms with Gasteiger partial charge < -0.3 is 15.1 Å². The van der Waals surface area contributed by atoms with Gasteiger partial charge in [-0.3, -0.25) is 4.79 Å². The molecule has 0 bridgehead atoms. The quantitative estimate of drug-likeness (QED) is 0.863. The molecule has 2 rings (SSSR count). The lowest BCUT2D eigenvalue weighted by atomic mass is 9.98. The van der Waals surface area contributed by atoms with Crippen LogP contribution >= 0.6 is 0 Å². The average molecular weight is 250 g/mol. The molecular weight excluding hydrogens is 228 g/mol. The minimum Gasteiger partial charge on any atom is -0.466 e. The molecule has 2 atom stereocenters. The van der Waals surface area contributed by atoms with Crippen LogP contribution in [0.2, 0.25) is 0 Å². The van der Waals surface area contributed by atoms with Crippen molar-refractivity contribution in [3.05, 3.63) is 23.2 Å². The molecule has 0 radical (unpaired) electrons. The van der Waals surface area contributed by atoms with Gasteiger partial charge in [0.15, 0.2) is 0 Å². The van der Waals surface area contributed by atoms with Crippen LogP contribution in [-0.4, -0.2) is 19.0 Å². The first-order chi connectivity index (χ1) is 8.58. The Hall–Kier alpha value is -1.29. The smallest absolute Gasteiger partial charge is 0.224 e. The molecule has 2 heterocycles. The summed E-state index contributed by atoms with van der Waals surface area (Å²) in [5.74, 6) is 2.03. The highest BCUT2D eigenvalue weighted by atomic mass is 16.3. The van der Waals surface area contributed by atoms with Crippen LogP contribution in [0.1, 0.15) is 42.9 Å². The molecular formula is C14H22N2O2. The van der Waals surface area contributed by atoms with Crippen molar-refractivity contribution >= 4 is 5.91 Å². The molecule has 1 aliphatic heterocycles. The SMILES string of the molecule is Cc1cc(C(C)NC(=O)[C@@H]2CCCNC2)c(C)o1. The largest absolute Gasteiger partial charge is 0.466 e. The van der Waals surface area contributed by atoms with Gasteiger partial charge in [0, 0.05) is 12.1 Å². The molecule has 0 saturated carbocycles. The fourth-order valence-electron chi connectivity index (χ4n) is 2.56. The number of aryl methyl sites for hydroxylation is 2. The summed E-state index contributed by atoms with van der Waals surface area (Å²) in [5, 5.41) is 6.35. The van der Waals surface area contributed by atoms with E-state index in [4.69, 9.17) is 4.42 Å². The third kappa shape index (κ3) is 2.93. The summed E-state index contributed by atoms with van der Waals surface area (Å²) in [6.07, 6.45) is 2.06. The number of piperidine rings is 1. The zero-order chi connectivity index (χ0) is 13.1. The molecule has 1 saturated heterocycles. The van der Waals surface area contributed by atoms with Crippen LogP contribution in [0.25, 0.3) is 0 Å². The van der Waals surface area contributed by atoms with Gasteiger partial charge in [0.25, 0.3) is 0 Å². The predicted octanol–water partition coefficient (Wildman–Crippen LogP) is 2.07. The van der Waals surface area contributed by atoms with Gasteiger partial charge >= 0.3 is 0 Å². The van der Waals surface area contributed by atoms with Crippen molar-refractivity contribution in [2.24, 2.45) is 5.92 Å². The molecule has 1 unspecified atom stereocenters. The number of carbonyl (C=O) groups is 1. The lowest BCUT2D eigenvalue weighted by Gasteiger charge is -2.24. The first-order valence-corrected chi connectivity index (χ1v) is 6.66. The summed E-state index contributed by atoms with van der Waals surface area (Å²) in [6, 6.07) is 2.01. The second-order valence-corrected chi connectivity index (χ2v) is 5.14. The maximum absolute atomic E-state index is 12.1. The number of furan rings is 1. The molecule has 100 valence electrons. The summed E-state index contributed by atoms with van der Waals surface area (Å²) < 4.78 is 5.50. The van der Waals surface area contributed by atoms with Crippen molar-refractivity contribution in [1.82, 2.24) is 10.6 Å². The molecule has 4 nitrogen and oxygen atoms in total. The summed E-state index contributed by atoms with van der Waals surface area (Å²) in [6.45, 7) is 7.69. The van der Waals surface area contributed by atoms with E-state index in [0.29, 0.717) is 0 Å². The van der Waals surface area contributed by atoms with Crippen molar-refractivity contribution in [2.75, 3.05) is 13.1 Å². The van der Waals surface area contributed by atoms with Gasteiger partial charge in [-0.25, -0.2) is 0 Å². The van der Waals surface area contributed by atoms with E-state index in [9.17, 15) is 4.79 Å². The van der Waals surface area contributed by atoms with Crippen LogP contribution in [-0.2, 0) is 4.79 Å². The van der Waals surface area contributed by atoms with Gasteiger partial charge in [0.1, 0.15) is 11.5 Å². The monoisotopic (exact) mass is 250 g/mol. The van der Waals surface area contributed by atoms with Crippen LogP contribution in [0.3, 0.4) is 0 Å². The molecule has 0 spiro atoms. The minimum absolute atomic E-state index is 0.0110. The maximum Gasteiger partial charge on any atom is 0.224 e. The Bertz CT molecular complexity index is 419. The standard InChI is InChI=1S/C14H22N2O2/c1-9-7-13(11(3)18-9)10(2)16-14(17)12-5-4-6-15-8-12/h7,10,12,15H,4-6,8H2,1-3H3,(H,16,17)/t10?,12-/m1/s1. The zero-order valence-corrected chi connectivity index (χ0v) is 11.4. The third-order valence-corrected chi connectivity index (χ3v) is 3.57. The molecule has 18 heavy (non-hydrogen) atoms. The van der Waals surface area contributed by atoms with Crippen molar-refractivity contribution in [3.8, 4) is 0 Å². The fourth-order valence-corrected chi connectivity index (χ4v) is 2.56. The third-order valence-electron chi connectivity index (χ3n) is 3.57.